The zero-order chi connectivity index (χ0) is 16.6. The molecule has 0 radical (unpaired) electrons. The van der Waals surface area contributed by atoms with Crippen LogP contribution in [0.4, 0.5) is 8.78 Å². The molecule has 0 aliphatic carbocycles. The molecule has 1 aromatic heterocycles. The first kappa shape index (κ1) is 15.4. The predicted octanol–water partition coefficient (Wildman–Crippen LogP) is 4.62. The molecule has 0 aliphatic rings. The van der Waals surface area contributed by atoms with E-state index in [2.05, 4.69) is 9.72 Å². The van der Waals surface area contributed by atoms with Crippen molar-refractivity contribution in [1.82, 2.24) is 4.98 Å². The molecule has 3 aromatic rings. The van der Waals surface area contributed by atoms with E-state index in [1.165, 1.54) is 7.11 Å². The fraction of sp³-hybridized carbons (Fsp3) is 0.0588. The number of esters is 1. The topological polar surface area (TPSA) is 39.2 Å². The van der Waals surface area contributed by atoms with Crippen molar-refractivity contribution >= 4 is 28.3 Å². The van der Waals surface area contributed by atoms with Crippen molar-refractivity contribution in [2.24, 2.45) is 0 Å². The van der Waals surface area contributed by atoms with Gasteiger partial charge in [0, 0.05) is 11.8 Å². The molecule has 0 atom stereocenters. The van der Waals surface area contributed by atoms with Crippen molar-refractivity contribution < 1.29 is 18.3 Å². The Morgan fingerprint density at radius 2 is 2.00 bits per heavy atom. The lowest BCUT2D eigenvalue weighted by Gasteiger charge is -2.11. The van der Waals surface area contributed by atoms with Crippen LogP contribution in [0.25, 0.3) is 21.9 Å². The van der Waals surface area contributed by atoms with Crippen LogP contribution in [0.5, 0.6) is 0 Å². The molecule has 0 fully saturated rings. The van der Waals surface area contributed by atoms with Crippen molar-refractivity contribution in [3.05, 3.63) is 64.9 Å². The number of carbonyl (C=O) groups excluding carboxylic acids is 1. The number of ether oxygens (including phenoxy) is 1. The van der Waals surface area contributed by atoms with Crippen LogP contribution in [0, 0.1) is 11.8 Å². The van der Waals surface area contributed by atoms with Gasteiger partial charge in [-0.3, -0.25) is 0 Å². The van der Waals surface area contributed by atoms with Crippen LogP contribution in [0.1, 0.15) is 10.4 Å². The first-order chi connectivity index (χ1) is 11.0. The number of benzene rings is 2. The summed E-state index contributed by atoms with van der Waals surface area (Å²) >= 11 is 6.01. The number of methoxy groups -OCH3 is 1. The van der Waals surface area contributed by atoms with E-state index in [0.717, 1.165) is 11.6 Å². The molecule has 0 spiro atoms. The van der Waals surface area contributed by atoms with Crippen molar-refractivity contribution in [3.63, 3.8) is 0 Å². The highest BCUT2D eigenvalue weighted by Crippen LogP contribution is 2.36. The summed E-state index contributed by atoms with van der Waals surface area (Å²) in [5.74, 6) is -2.88. The molecule has 6 heteroatoms. The normalized spacial score (nSPS) is 10.8. The second-order valence-corrected chi connectivity index (χ2v) is 5.23. The number of pyridine rings is 1. The lowest BCUT2D eigenvalue weighted by molar-refractivity contribution is 0.0601. The molecule has 116 valence electrons. The molecule has 0 amide bonds. The van der Waals surface area contributed by atoms with E-state index in [1.54, 1.807) is 36.4 Å². The van der Waals surface area contributed by atoms with Crippen molar-refractivity contribution in [3.8, 4) is 11.1 Å². The first-order valence-electron chi connectivity index (χ1n) is 6.64. The minimum absolute atomic E-state index is 0.0140. The average Bonchev–Trinajstić information content (AvgIpc) is 2.57. The highest BCUT2D eigenvalue weighted by molar-refractivity contribution is 6.33. The van der Waals surface area contributed by atoms with Gasteiger partial charge in [0.05, 0.1) is 17.7 Å². The van der Waals surface area contributed by atoms with Gasteiger partial charge in [-0.1, -0.05) is 35.9 Å². The molecular formula is C17H10ClF2NO2. The number of hydrogen-bond acceptors (Lipinski definition) is 3. The van der Waals surface area contributed by atoms with Crippen LogP contribution in [0.2, 0.25) is 5.02 Å². The maximum atomic E-state index is 14.2. The van der Waals surface area contributed by atoms with Gasteiger partial charge in [0.25, 0.3) is 0 Å². The third-order valence-corrected chi connectivity index (χ3v) is 3.79. The lowest BCUT2D eigenvalue weighted by Crippen LogP contribution is -2.01. The highest BCUT2D eigenvalue weighted by Gasteiger charge is 2.18. The van der Waals surface area contributed by atoms with Gasteiger partial charge in [-0.15, -0.1) is 0 Å². The molecule has 1 heterocycles. The van der Waals surface area contributed by atoms with Gasteiger partial charge in [0.15, 0.2) is 5.82 Å². The number of nitrogens with zero attached hydrogens (tertiary/aromatic N) is 1. The summed E-state index contributed by atoms with van der Waals surface area (Å²) in [4.78, 5) is 15.0. The fourth-order valence-electron chi connectivity index (χ4n) is 2.42. The van der Waals surface area contributed by atoms with Crippen LogP contribution >= 0.6 is 11.6 Å². The van der Waals surface area contributed by atoms with E-state index in [1.807, 2.05) is 0 Å². The van der Waals surface area contributed by atoms with Gasteiger partial charge in [-0.25, -0.2) is 14.2 Å². The Balaban J connectivity index is 2.34. The molecule has 2 aromatic carbocycles. The molecule has 23 heavy (non-hydrogen) atoms. The van der Waals surface area contributed by atoms with Gasteiger partial charge in [0.2, 0.25) is 5.95 Å². The van der Waals surface area contributed by atoms with Crippen LogP contribution in [0.3, 0.4) is 0 Å². The first-order valence-corrected chi connectivity index (χ1v) is 7.01. The van der Waals surface area contributed by atoms with E-state index in [0.29, 0.717) is 16.5 Å². The predicted molar refractivity (Wildman–Crippen MR) is 83.4 cm³/mol. The standard InChI is InChI=1S/C17H10ClF2NO2/c1-23-17(22)10-6-5-9-3-2-4-11(12(9)7-10)14-13(18)8-21-16(20)15(14)19/h2-8H,1H3. The summed E-state index contributed by atoms with van der Waals surface area (Å²) < 4.78 is 32.4. The lowest BCUT2D eigenvalue weighted by atomic mass is 9.97. The van der Waals surface area contributed by atoms with Crippen LogP contribution in [-0.2, 0) is 4.74 Å². The molecule has 0 bridgehead atoms. The SMILES string of the molecule is COC(=O)c1ccc2cccc(-c3c(Cl)cnc(F)c3F)c2c1. The second kappa shape index (κ2) is 5.93. The van der Waals surface area contributed by atoms with Crippen molar-refractivity contribution in [2.75, 3.05) is 7.11 Å². The van der Waals surface area contributed by atoms with Gasteiger partial charge in [0.1, 0.15) is 0 Å². The molecule has 0 saturated carbocycles. The van der Waals surface area contributed by atoms with Gasteiger partial charge in [-0.2, -0.15) is 4.39 Å². The Kier molecular flexibility index (Phi) is 3.96. The third-order valence-electron chi connectivity index (χ3n) is 3.50. The zero-order valence-corrected chi connectivity index (χ0v) is 12.7. The van der Waals surface area contributed by atoms with Crippen LogP contribution < -0.4 is 0 Å². The summed E-state index contributed by atoms with van der Waals surface area (Å²) in [6.07, 6.45) is 1.05. The maximum absolute atomic E-state index is 14.2. The van der Waals surface area contributed by atoms with E-state index in [9.17, 15) is 13.6 Å². The molecule has 0 unspecified atom stereocenters. The molecule has 0 N–H and O–H groups in total. The molecule has 3 rings (SSSR count). The Hall–Kier alpha value is -2.53. The van der Waals surface area contributed by atoms with Gasteiger partial charge < -0.3 is 4.74 Å². The number of aromatic nitrogens is 1. The fourth-order valence-corrected chi connectivity index (χ4v) is 2.66. The largest absolute Gasteiger partial charge is 0.465 e. The Morgan fingerprint density at radius 1 is 1.22 bits per heavy atom. The quantitative estimate of drug-likeness (QED) is 0.507. The zero-order valence-electron chi connectivity index (χ0n) is 11.9. The van der Waals surface area contributed by atoms with Crippen molar-refractivity contribution in [2.45, 2.75) is 0 Å². The molecular weight excluding hydrogens is 324 g/mol. The smallest absolute Gasteiger partial charge is 0.337 e. The Labute approximate surface area is 135 Å². The van der Waals surface area contributed by atoms with Crippen LogP contribution in [-0.4, -0.2) is 18.1 Å². The molecule has 3 nitrogen and oxygen atoms in total. The van der Waals surface area contributed by atoms with Crippen LogP contribution in [0.15, 0.2) is 42.6 Å². The monoisotopic (exact) mass is 333 g/mol. The Morgan fingerprint density at radius 3 is 2.74 bits per heavy atom. The second-order valence-electron chi connectivity index (χ2n) is 4.82. The third kappa shape index (κ3) is 2.64. The number of carbonyl (C=O) groups is 1. The number of halogens is 3. The van der Waals surface area contributed by atoms with E-state index in [-0.39, 0.29) is 10.6 Å². The number of fused-ring (bicyclic) bond motifs is 1. The Bertz CT molecular complexity index is 928. The summed E-state index contributed by atoms with van der Waals surface area (Å²) in [5.41, 5.74) is 0.586. The highest BCUT2D eigenvalue weighted by atomic mass is 35.5. The van der Waals surface area contributed by atoms with E-state index < -0.39 is 17.7 Å². The van der Waals surface area contributed by atoms with Gasteiger partial charge in [-0.05, 0) is 28.5 Å². The minimum Gasteiger partial charge on any atom is -0.465 e. The summed E-state index contributed by atoms with van der Waals surface area (Å²) in [7, 11) is 1.27. The van der Waals surface area contributed by atoms with Gasteiger partial charge >= 0.3 is 5.97 Å². The molecule has 0 saturated heterocycles. The van der Waals surface area contributed by atoms with E-state index >= 15 is 0 Å². The average molecular weight is 334 g/mol. The van der Waals surface area contributed by atoms with E-state index in [4.69, 9.17) is 11.6 Å². The maximum Gasteiger partial charge on any atom is 0.337 e. The van der Waals surface area contributed by atoms with Crippen molar-refractivity contribution in [1.29, 1.82) is 0 Å². The summed E-state index contributed by atoms with van der Waals surface area (Å²) in [6, 6.07) is 9.96. The minimum atomic E-state index is -1.23. The number of hydrogen-bond donors (Lipinski definition) is 0. The summed E-state index contributed by atoms with van der Waals surface area (Å²) in [6.45, 7) is 0. The molecule has 0 aliphatic heterocycles. The number of rotatable bonds is 2. The summed E-state index contributed by atoms with van der Waals surface area (Å²) in [5, 5.41) is 1.30.